The van der Waals surface area contributed by atoms with E-state index < -0.39 is 0 Å². The maximum absolute atomic E-state index is 5.33. The van der Waals surface area contributed by atoms with Crippen molar-refractivity contribution in [2.75, 3.05) is 19.0 Å². The number of nitrogens with one attached hydrogen (secondary N) is 1. The van der Waals surface area contributed by atoms with Crippen LogP contribution < -0.4 is 10.1 Å². The molecule has 0 amide bonds. The molecule has 1 N–H and O–H groups in total. The number of nitrogens with zero attached hydrogens (tertiary/aromatic N) is 2. The summed E-state index contributed by atoms with van der Waals surface area (Å²) in [6.07, 6.45) is 6.65. The maximum atomic E-state index is 5.33. The molecule has 28 heavy (non-hydrogen) atoms. The summed E-state index contributed by atoms with van der Waals surface area (Å²) in [5, 5.41) is 7.60. The molecule has 2 aromatic carbocycles. The van der Waals surface area contributed by atoms with E-state index in [9.17, 15) is 0 Å². The molecule has 1 saturated carbocycles. The maximum Gasteiger partial charge on any atom is 0.226 e. The predicted molar refractivity (Wildman–Crippen MR) is 111 cm³/mol. The molecule has 0 radical (unpaired) electrons. The Morgan fingerprint density at radius 3 is 2.68 bits per heavy atom. The van der Waals surface area contributed by atoms with Crippen LogP contribution in [0, 0.1) is 0 Å². The SMILES string of the molecule is COc1cccc(-c2cccc(NCCCCCc3nc(C4CC4)no3)c2)c1. The standard InChI is InChI=1S/C23H27N3O2/c1-27-21-10-6-8-19(16-21)18-7-5-9-20(15-18)24-14-4-2-3-11-22-25-23(26-28-22)17-12-13-17/h5-10,15-17,24H,2-4,11-14H2,1H3. The van der Waals surface area contributed by atoms with E-state index in [4.69, 9.17) is 9.26 Å². The van der Waals surface area contributed by atoms with Crippen LogP contribution in [0.25, 0.3) is 11.1 Å². The number of aromatic nitrogens is 2. The second-order valence-corrected chi connectivity index (χ2v) is 7.37. The lowest BCUT2D eigenvalue weighted by molar-refractivity contribution is 0.369. The number of benzene rings is 2. The van der Waals surface area contributed by atoms with Gasteiger partial charge >= 0.3 is 0 Å². The Morgan fingerprint density at radius 1 is 1.04 bits per heavy atom. The smallest absolute Gasteiger partial charge is 0.226 e. The van der Waals surface area contributed by atoms with Crippen molar-refractivity contribution in [1.29, 1.82) is 0 Å². The van der Waals surface area contributed by atoms with Crippen LogP contribution in [-0.4, -0.2) is 23.8 Å². The van der Waals surface area contributed by atoms with E-state index in [0.717, 1.165) is 60.9 Å². The number of hydrogen-bond acceptors (Lipinski definition) is 5. The van der Waals surface area contributed by atoms with Crippen LogP contribution >= 0.6 is 0 Å². The molecular formula is C23H27N3O2. The van der Waals surface area contributed by atoms with Crippen molar-refractivity contribution >= 4 is 5.69 Å². The zero-order valence-electron chi connectivity index (χ0n) is 16.4. The normalized spacial score (nSPS) is 13.5. The molecule has 0 aliphatic heterocycles. The molecule has 1 heterocycles. The fraction of sp³-hybridized carbons (Fsp3) is 0.391. The minimum Gasteiger partial charge on any atom is -0.497 e. The van der Waals surface area contributed by atoms with Crippen LogP contribution in [0.3, 0.4) is 0 Å². The first kappa shape index (κ1) is 18.5. The first-order chi connectivity index (χ1) is 13.8. The highest BCUT2D eigenvalue weighted by atomic mass is 16.5. The lowest BCUT2D eigenvalue weighted by Crippen LogP contribution is -2.01. The lowest BCUT2D eigenvalue weighted by atomic mass is 10.0. The molecule has 0 atom stereocenters. The van der Waals surface area contributed by atoms with Crippen LogP contribution in [0.5, 0.6) is 5.75 Å². The van der Waals surface area contributed by atoms with Crippen molar-refractivity contribution < 1.29 is 9.26 Å². The summed E-state index contributed by atoms with van der Waals surface area (Å²) < 4.78 is 10.7. The average molecular weight is 377 g/mol. The average Bonchev–Trinajstić information content (AvgIpc) is 3.49. The molecule has 0 bridgehead atoms. The Hall–Kier alpha value is -2.82. The van der Waals surface area contributed by atoms with E-state index in [1.165, 1.54) is 18.4 Å². The highest BCUT2D eigenvalue weighted by Gasteiger charge is 2.28. The third-order valence-electron chi connectivity index (χ3n) is 5.09. The summed E-state index contributed by atoms with van der Waals surface area (Å²) in [6.45, 7) is 0.957. The van der Waals surface area contributed by atoms with Gasteiger partial charge in [0.15, 0.2) is 5.82 Å². The predicted octanol–water partition coefficient (Wildman–Crippen LogP) is 5.45. The van der Waals surface area contributed by atoms with Gasteiger partial charge in [-0.05, 0) is 61.1 Å². The molecule has 5 heteroatoms. The van der Waals surface area contributed by atoms with Gasteiger partial charge in [-0.25, -0.2) is 0 Å². The molecule has 4 rings (SSSR count). The third-order valence-corrected chi connectivity index (χ3v) is 5.09. The summed E-state index contributed by atoms with van der Waals surface area (Å²) in [5.74, 6) is 3.14. The Bertz CT molecular complexity index is 902. The van der Waals surface area contributed by atoms with Gasteiger partial charge < -0.3 is 14.6 Å². The molecule has 1 aliphatic carbocycles. The highest BCUT2D eigenvalue weighted by Crippen LogP contribution is 2.38. The third kappa shape index (κ3) is 4.91. The first-order valence-electron chi connectivity index (χ1n) is 10.1. The van der Waals surface area contributed by atoms with Crippen LogP contribution in [-0.2, 0) is 6.42 Å². The van der Waals surface area contributed by atoms with Gasteiger partial charge in [0.25, 0.3) is 0 Å². The van der Waals surface area contributed by atoms with Gasteiger partial charge in [-0.15, -0.1) is 0 Å². The van der Waals surface area contributed by atoms with Crippen LogP contribution in [0.4, 0.5) is 5.69 Å². The molecular weight excluding hydrogens is 350 g/mol. The van der Waals surface area contributed by atoms with Crippen molar-refractivity contribution in [3.8, 4) is 16.9 Å². The molecule has 1 fully saturated rings. The number of methoxy groups -OCH3 is 1. The molecule has 0 spiro atoms. The monoisotopic (exact) mass is 377 g/mol. The van der Waals surface area contributed by atoms with Crippen molar-refractivity contribution in [3.63, 3.8) is 0 Å². The molecule has 0 saturated heterocycles. The number of anilines is 1. The van der Waals surface area contributed by atoms with Crippen LogP contribution in [0.15, 0.2) is 53.1 Å². The van der Waals surface area contributed by atoms with E-state index in [0.29, 0.717) is 5.92 Å². The second-order valence-electron chi connectivity index (χ2n) is 7.37. The Kier molecular flexibility index (Phi) is 5.90. The summed E-state index contributed by atoms with van der Waals surface area (Å²) in [6, 6.07) is 16.7. The Balaban J connectivity index is 1.20. The van der Waals surface area contributed by atoms with E-state index in [-0.39, 0.29) is 0 Å². The Labute approximate surface area is 166 Å². The van der Waals surface area contributed by atoms with E-state index in [1.807, 2.05) is 12.1 Å². The lowest BCUT2D eigenvalue weighted by Gasteiger charge is -2.09. The Morgan fingerprint density at radius 2 is 1.86 bits per heavy atom. The van der Waals surface area contributed by atoms with E-state index in [1.54, 1.807) is 7.11 Å². The first-order valence-corrected chi connectivity index (χ1v) is 10.1. The number of ether oxygens (including phenoxy) is 1. The van der Waals surface area contributed by atoms with Crippen molar-refractivity contribution in [3.05, 3.63) is 60.2 Å². The molecule has 3 aromatic rings. The summed E-state index contributed by atoms with van der Waals surface area (Å²) >= 11 is 0. The zero-order valence-corrected chi connectivity index (χ0v) is 16.4. The topological polar surface area (TPSA) is 60.2 Å². The van der Waals surface area contributed by atoms with Gasteiger partial charge in [-0.2, -0.15) is 4.98 Å². The minimum absolute atomic E-state index is 0.564. The molecule has 146 valence electrons. The quantitative estimate of drug-likeness (QED) is 0.476. The highest BCUT2D eigenvalue weighted by molar-refractivity contribution is 5.69. The summed E-state index contributed by atoms with van der Waals surface area (Å²) in [7, 11) is 1.70. The van der Waals surface area contributed by atoms with Crippen molar-refractivity contribution in [2.45, 2.75) is 44.4 Å². The molecule has 5 nitrogen and oxygen atoms in total. The minimum atomic E-state index is 0.564. The fourth-order valence-electron chi connectivity index (χ4n) is 3.30. The van der Waals surface area contributed by atoms with E-state index in [2.05, 4.69) is 51.9 Å². The van der Waals surface area contributed by atoms with Gasteiger partial charge in [0.1, 0.15) is 5.75 Å². The fourth-order valence-corrected chi connectivity index (χ4v) is 3.30. The molecule has 1 aromatic heterocycles. The molecule has 1 aliphatic rings. The largest absolute Gasteiger partial charge is 0.497 e. The second kappa shape index (κ2) is 8.91. The summed E-state index contributed by atoms with van der Waals surface area (Å²) in [5.41, 5.74) is 3.49. The molecule has 0 unspecified atom stereocenters. The number of hydrogen-bond donors (Lipinski definition) is 1. The van der Waals surface area contributed by atoms with Crippen molar-refractivity contribution in [2.24, 2.45) is 0 Å². The van der Waals surface area contributed by atoms with Gasteiger partial charge in [0.05, 0.1) is 7.11 Å². The van der Waals surface area contributed by atoms with Crippen molar-refractivity contribution in [1.82, 2.24) is 10.1 Å². The van der Waals surface area contributed by atoms with Crippen LogP contribution in [0.2, 0.25) is 0 Å². The number of unbranched alkanes of at least 4 members (excludes halogenated alkanes) is 2. The van der Waals surface area contributed by atoms with Gasteiger partial charge in [-0.3, -0.25) is 0 Å². The number of aryl methyl sites for hydroxylation is 1. The van der Waals surface area contributed by atoms with Gasteiger partial charge in [-0.1, -0.05) is 35.8 Å². The summed E-state index contributed by atoms with van der Waals surface area (Å²) in [4.78, 5) is 4.49. The van der Waals surface area contributed by atoms with Gasteiger partial charge in [0.2, 0.25) is 5.89 Å². The van der Waals surface area contributed by atoms with Gasteiger partial charge in [0, 0.05) is 24.6 Å². The van der Waals surface area contributed by atoms with Crippen LogP contribution in [0.1, 0.15) is 49.7 Å². The van der Waals surface area contributed by atoms with E-state index >= 15 is 0 Å². The zero-order chi connectivity index (χ0) is 19.2. The number of rotatable bonds is 10.